The summed E-state index contributed by atoms with van der Waals surface area (Å²) in [6.45, 7) is 9.95. The summed E-state index contributed by atoms with van der Waals surface area (Å²) in [6, 6.07) is 0. The third-order valence-corrected chi connectivity index (χ3v) is 6.24. The van der Waals surface area contributed by atoms with Crippen molar-refractivity contribution in [1.82, 2.24) is 0 Å². The number of carboxylic acid groups (broad SMARTS) is 1. The first-order valence-corrected chi connectivity index (χ1v) is 12.7. The van der Waals surface area contributed by atoms with E-state index in [-0.39, 0.29) is 17.9 Å². The maximum atomic E-state index is 10.5. The highest BCUT2D eigenvalue weighted by atomic mass is 16.4. The zero-order valence-electron chi connectivity index (χ0n) is 21.4. The molecule has 5 nitrogen and oxygen atoms in total. The van der Waals surface area contributed by atoms with Crippen LogP contribution in [0.1, 0.15) is 78.6 Å². The highest BCUT2D eigenvalue weighted by Gasteiger charge is 2.17. The van der Waals surface area contributed by atoms with Gasteiger partial charge in [-0.25, -0.2) is 4.79 Å². The number of aliphatic hydroxyl groups is 3. The Kier molecular flexibility index (Phi) is 19.3. The molecule has 5 heteroatoms. The van der Waals surface area contributed by atoms with Crippen molar-refractivity contribution in [3.05, 3.63) is 61.3 Å². The lowest BCUT2D eigenvalue weighted by Gasteiger charge is -2.21. The molecule has 0 aliphatic rings. The summed E-state index contributed by atoms with van der Waals surface area (Å²) in [5.41, 5.74) is 0. The van der Waals surface area contributed by atoms with Gasteiger partial charge in [-0.1, -0.05) is 76.0 Å². The van der Waals surface area contributed by atoms with Crippen LogP contribution in [0.25, 0.3) is 0 Å². The fourth-order valence-electron chi connectivity index (χ4n) is 3.64. The third kappa shape index (κ3) is 18.5. The van der Waals surface area contributed by atoms with Crippen molar-refractivity contribution in [3.8, 4) is 0 Å². The molecule has 0 heterocycles. The Morgan fingerprint density at radius 2 is 1.44 bits per heavy atom. The Morgan fingerprint density at radius 1 is 0.794 bits per heavy atom. The van der Waals surface area contributed by atoms with E-state index >= 15 is 0 Å². The summed E-state index contributed by atoms with van der Waals surface area (Å²) in [5.74, 6) is -0.198. The van der Waals surface area contributed by atoms with Gasteiger partial charge in [0.1, 0.15) is 0 Å². The van der Waals surface area contributed by atoms with Gasteiger partial charge in [-0.3, -0.25) is 0 Å². The monoisotopic (exact) mass is 476 g/mol. The highest BCUT2D eigenvalue weighted by Crippen LogP contribution is 2.22. The smallest absolute Gasteiger partial charge is 0.328 e. The molecule has 0 rings (SSSR count). The van der Waals surface area contributed by atoms with Gasteiger partial charge in [0, 0.05) is 6.08 Å². The molecular formula is C29H48O5. The van der Waals surface area contributed by atoms with Crippen molar-refractivity contribution in [2.45, 2.75) is 96.9 Å². The first-order valence-electron chi connectivity index (χ1n) is 12.7. The van der Waals surface area contributed by atoms with Crippen molar-refractivity contribution < 1.29 is 25.2 Å². The number of hydrogen-bond acceptors (Lipinski definition) is 4. The summed E-state index contributed by atoms with van der Waals surface area (Å²) in [7, 11) is 0. The molecule has 6 atom stereocenters. The number of aliphatic hydroxyl groups excluding tert-OH is 3. The Morgan fingerprint density at radius 3 is 2.09 bits per heavy atom. The van der Waals surface area contributed by atoms with Crippen molar-refractivity contribution in [3.63, 3.8) is 0 Å². The summed E-state index contributed by atoms with van der Waals surface area (Å²) < 4.78 is 0. The molecule has 5 unspecified atom stereocenters. The number of rotatable bonds is 20. The van der Waals surface area contributed by atoms with Crippen LogP contribution >= 0.6 is 0 Å². The van der Waals surface area contributed by atoms with Crippen LogP contribution in [0, 0.1) is 17.8 Å². The van der Waals surface area contributed by atoms with E-state index in [4.69, 9.17) is 5.11 Å². The molecule has 0 amide bonds. The van der Waals surface area contributed by atoms with Crippen molar-refractivity contribution in [2.24, 2.45) is 17.8 Å². The molecule has 4 N–H and O–H groups in total. The second kappa shape index (κ2) is 20.4. The van der Waals surface area contributed by atoms with Crippen LogP contribution in [-0.2, 0) is 4.79 Å². The van der Waals surface area contributed by atoms with Crippen LogP contribution in [0.3, 0.4) is 0 Å². The van der Waals surface area contributed by atoms with Crippen molar-refractivity contribution in [2.75, 3.05) is 0 Å². The van der Waals surface area contributed by atoms with Crippen LogP contribution < -0.4 is 0 Å². The standard InChI is InChI=1S/C29H48O5/c1-5-6-7-9-14-24(3)27(31)21-19-23(2)20-22-28(32)25(4)15-12-13-17-26(30)16-10-8-11-18-29(33)34/h5-8,10-12,15,18,23-28,30-32H,1,9,13-14,16-17,19-22H2,2-4H3,(H,33,34)/b7-6-,10-8+,15-12-,18-11-/t23?,24?,25?,26?,27?,28-/m1/s1. The van der Waals surface area contributed by atoms with Crippen molar-refractivity contribution >= 4 is 5.97 Å². The van der Waals surface area contributed by atoms with E-state index in [2.05, 4.69) is 26.5 Å². The van der Waals surface area contributed by atoms with Gasteiger partial charge in [-0.2, -0.15) is 0 Å². The van der Waals surface area contributed by atoms with Gasteiger partial charge in [0.15, 0.2) is 0 Å². The Hall–Kier alpha value is -1.95. The molecule has 34 heavy (non-hydrogen) atoms. The predicted octanol–water partition coefficient (Wildman–Crippen LogP) is 5.98. The summed E-state index contributed by atoms with van der Waals surface area (Å²) in [5, 5.41) is 39.3. The average molecular weight is 477 g/mol. The molecule has 0 fully saturated rings. The molecule has 0 aromatic heterocycles. The van der Waals surface area contributed by atoms with Gasteiger partial charge in [-0.15, -0.1) is 0 Å². The first-order chi connectivity index (χ1) is 16.2. The molecule has 0 bridgehead atoms. The Labute approximate surface area is 207 Å². The minimum atomic E-state index is -0.992. The molecule has 194 valence electrons. The molecular weight excluding hydrogens is 428 g/mol. The van der Waals surface area contributed by atoms with E-state index in [9.17, 15) is 20.1 Å². The molecule has 0 saturated heterocycles. The molecule has 0 aromatic rings. The minimum absolute atomic E-state index is 0.0552. The fourth-order valence-corrected chi connectivity index (χ4v) is 3.64. The van der Waals surface area contributed by atoms with Crippen LogP contribution in [0.5, 0.6) is 0 Å². The summed E-state index contributed by atoms with van der Waals surface area (Å²) in [4.78, 5) is 10.4. The zero-order valence-corrected chi connectivity index (χ0v) is 21.4. The van der Waals surface area contributed by atoms with Gasteiger partial charge in [-0.05, 0) is 75.5 Å². The van der Waals surface area contributed by atoms with E-state index in [1.165, 1.54) is 6.08 Å². The largest absolute Gasteiger partial charge is 0.478 e. The van der Waals surface area contributed by atoms with Crippen LogP contribution in [0.2, 0.25) is 0 Å². The van der Waals surface area contributed by atoms with Gasteiger partial charge in [0.05, 0.1) is 18.3 Å². The molecule has 0 radical (unpaired) electrons. The Bertz CT molecular complexity index is 649. The van der Waals surface area contributed by atoms with Gasteiger partial charge < -0.3 is 20.4 Å². The lowest BCUT2D eigenvalue weighted by atomic mass is 9.89. The fraction of sp³-hybridized carbons (Fsp3) is 0.621. The van der Waals surface area contributed by atoms with E-state index in [0.717, 1.165) is 51.0 Å². The number of aliphatic carboxylic acids is 1. The van der Waals surface area contributed by atoms with Gasteiger partial charge in [0.2, 0.25) is 0 Å². The lowest BCUT2D eigenvalue weighted by molar-refractivity contribution is -0.131. The minimum Gasteiger partial charge on any atom is -0.478 e. The van der Waals surface area contributed by atoms with E-state index in [0.29, 0.717) is 18.8 Å². The summed E-state index contributed by atoms with van der Waals surface area (Å²) in [6.07, 6.45) is 21.7. The van der Waals surface area contributed by atoms with Crippen LogP contribution in [-0.4, -0.2) is 44.7 Å². The van der Waals surface area contributed by atoms with Gasteiger partial charge >= 0.3 is 5.97 Å². The van der Waals surface area contributed by atoms with Crippen molar-refractivity contribution in [1.29, 1.82) is 0 Å². The maximum Gasteiger partial charge on any atom is 0.328 e. The van der Waals surface area contributed by atoms with Crippen LogP contribution in [0.15, 0.2) is 61.3 Å². The Balaban J connectivity index is 4.06. The number of carbonyl (C=O) groups is 1. The maximum absolute atomic E-state index is 10.5. The number of hydrogen-bond donors (Lipinski definition) is 4. The third-order valence-electron chi connectivity index (χ3n) is 6.24. The first kappa shape index (κ1) is 32.0. The van der Waals surface area contributed by atoms with E-state index in [1.807, 2.05) is 25.2 Å². The topological polar surface area (TPSA) is 98.0 Å². The normalized spacial score (nSPS) is 17.9. The predicted molar refractivity (Wildman–Crippen MR) is 141 cm³/mol. The zero-order chi connectivity index (χ0) is 25.8. The quantitative estimate of drug-likeness (QED) is 0.0984. The molecule has 0 saturated carbocycles. The highest BCUT2D eigenvalue weighted by molar-refractivity contribution is 5.80. The van der Waals surface area contributed by atoms with E-state index < -0.39 is 18.2 Å². The van der Waals surface area contributed by atoms with Gasteiger partial charge in [0.25, 0.3) is 0 Å². The number of allylic oxidation sites excluding steroid dienone is 6. The van der Waals surface area contributed by atoms with Crippen LogP contribution in [0.4, 0.5) is 0 Å². The van der Waals surface area contributed by atoms with E-state index in [1.54, 1.807) is 18.2 Å². The molecule has 0 spiro atoms. The molecule has 0 aliphatic carbocycles. The average Bonchev–Trinajstić information content (AvgIpc) is 2.80. The molecule has 0 aliphatic heterocycles. The summed E-state index contributed by atoms with van der Waals surface area (Å²) >= 11 is 0. The SMILES string of the molecule is C=C/C=C\CCC(C)C(O)CCC(C)CC[C@@H](O)C(C)/C=C\CCC(O)C/C=C/C=C\C(=O)O. The molecule has 0 aromatic carbocycles. The second-order valence-electron chi connectivity index (χ2n) is 9.49. The second-order valence-corrected chi connectivity index (χ2v) is 9.49. The number of carboxylic acids is 1. The lowest BCUT2D eigenvalue weighted by Crippen LogP contribution is -2.19.